The number of carbonyl (C=O) groups excluding carboxylic acids is 1. The number of phenolic OH excluding ortho intramolecular Hbond substituents is 1. The molecule has 0 bridgehead atoms. The van der Waals surface area contributed by atoms with Gasteiger partial charge in [-0.1, -0.05) is 17.7 Å². The van der Waals surface area contributed by atoms with Gasteiger partial charge in [0.25, 0.3) is 5.56 Å². The molecule has 2 aromatic rings. The molecule has 122 valence electrons. The van der Waals surface area contributed by atoms with Crippen LogP contribution in [0.4, 0.5) is 0 Å². The molecule has 3 N–H and O–H groups in total. The molecule has 1 heterocycles. The highest BCUT2D eigenvalue weighted by Gasteiger charge is 2.25. The van der Waals surface area contributed by atoms with E-state index in [2.05, 4.69) is 9.72 Å². The van der Waals surface area contributed by atoms with E-state index in [1.807, 2.05) is 0 Å². The van der Waals surface area contributed by atoms with E-state index in [9.17, 15) is 19.8 Å². The third kappa shape index (κ3) is 3.65. The number of halogens is 1. The Morgan fingerprint density at radius 2 is 2.00 bits per heavy atom. The Morgan fingerprint density at radius 1 is 1.30 bits per heavy atom. The van der Waals surface area contributed by atoms with Crippen molar-refractivity contribution in [2.45, 2.75) is 19.3 Å². The average Bonchev–Trinajstić information content (AvgIpc) is 2.47. The molecule has 0 spiro atoms. The van der Waals surface area contributed by atoms with Gasteiger partial charge in [-0.2, -0.15) is 0 Å². The number of hydrogen-bond acceptors (Lipinski definition) is 5. The van der Waals surface area contributed by atoms with Gasteiger partial charge in [0.2, 0.25) is 0 Å². The molecule has 0 aliphatic rings. The molecule has 23 heavy (non-hydrogen) atoms. The van der Waals surface area contributed by atoms with E-state index in [0.717, 1.165) is 0 Å². The number of nitrogens with one attached hydrogen (secondary N) is 1. The molecule has 6 nitrogen and oxygen atoms in total. The van der Waals surface area contributed by atoms with E-state index in [4.69, 9.17) is 11.6 Å². The van der Waals surface area contributed by atoms with Crippen molar-refractivity contribution >= 4 is 17.6 Å². The topological polar surface area (TPSA) is 99.6 Å². The maximum Gasteiger partial charge on any atom is 0.306 e. The molecule has 0 aliphatic carbocycles. The van der Waals surface area contributed by atoms with Crippen LogP contribution in [0.1, 0.15) is 29.2 Å². The summed E-state index contributed by atoms with van der Waals surface area (Å²) < 4.78 is 4.67. The van der Waals surface area contributed by atoms with Crippen molar-refractivity contribution in [1.29, 1.82) is 0 Å². The molecule has 0 saturated carbocycles. The van der Waals surface area contributed by atoms with Crippen LogP contribution < -0.4 is 5.56 Å². The predicted molar refractivity (Wildman–Crippen MR) is 85.1 cm³/mol. The van der Waals surface area contributed by atoms with Crippen molar-refractivity contribution in [3.63, 3.8) is 0 Å². The molecule has 0 amide bonds. The molecule has 0 aliphatic heterocycles. The number of rotatable bonds is 4. The number of aromatic hydroxyl groups is 2. The lowest BCUT2D eigenvalue weighted by Crippen LogP contribution is -2.20. The van der Waals surface area contributed by atoms with Crippen LogP contribution in [0.2, 0.25) is 5.02 Å². The smallest absolute Gasteiger partial charge is 0.306 e. The van der Waals surface area contributed by atoms with Crippen LogP contribution >= 0.6 is 11.6 Å². The number of phenols is 1. The summed E-state index contributed by atoms with van der Waals surface area (Å²) in [6.45, 7) is 1.64. The normalized spacial score (nSPS) is 12.0. The second-order valence-corrected chi connectivity index (χ2v) is 5.53. The molecule has 1 atom stereocenters. The van der Waals surface area contributed by atoms with Gasteiger partial charge in [-0.3, -0.25) is 9.59 Å². The van der Waals surface area contributed by atoms with Crippen LogP contribution in [0.5, 0.6) is 11.5 Å². The Bertz CT molecular complexity index is 800. The van der Waals surface area contributed by atoms with Crippen LogP contribution in [0.3, 0.4) is 0 Å². The number of aromatic amines is 1. The van der Waals surface area contributed by atoms with E-state index in [0.29, 0.717) is 11.3 Å². The first-order chi connectivity index (χ1) is 10.8. The molecule has 7 heteroatoms. The third-order valence-electron chi connectivity index (χ3n) is 3.51. The molecule has 0 fully saturated rings. The summed E-state index contributed by atoms with van der Waals surface area (Å²) in [7, 11) is 1.24. The number of benzene rings is 1. The average molecular weight is 338 g/mol. The quantitative estimate of drug-likeness (QED) is 0.744. The molecular formula is C16H16ClNO5. The summed E-state index contributed by atoms with van der Waals surface area (Å²) in [5, 5.41) is 19.8. The zero-order valence-corrected chi connectivity index (χ0v) is 13.3. The van der Waals surface area contributed by atoms with Gasteiger partial charge in [-0.15, -0.1) is 0 Å². The number of methoxy groups -OCH3 is 1. The van der Waals surface area contributed by atoms with Crippen molar-refractivity contribution in [2.24, 2.45) is 0 Å². The largest absolute Gasteiger partial charge is 0.507 e. The summed E-state index contributed by atoms with van der Waals surface area (Å²) >= 11 is 5.91. The van der Waals surface area contributed by atoms with Crippen molar-refractivity contribution in [2.75, 3.05) is 7.11 Å². The first-order valence-electron chi connectivity index (χ1n) is 6.81. The Labute approximate surface area is 137 Å². The van der Waals surface area contributed by atoms with E-state index in [1.165, 1.54) is 31.4 Å². The number of aromatic nitrogens is 1. The lowest BCUT2D eigenvalue weighted by atomic mass is 9.88. The summed E-state index contributed by atoms with van der Waals surface area (Å²) in [5.41, 5.74) is 0.544. The Morgan fingerprint density at radius 3 is 2.57 bits per heavy atom. The van der Waals surface area contributed by atoms with Gasteiger partial charge in [0, 0.05) is 11.6 Å². The molecule has 2 rings (SSSR count). The van der Waals surface area contributed by atoms with Crippen LogP contribution in [0.15, 0.2) is 29.1 Å². The highest BCUT2D eigenvalue weighted by Crippen LogP contribution is 2.35. The Hall–Kier alpha value is -2.47. The first kappa shape index (κ1) is 16.9. The minimum Gasteiger partial charge on any atom is -0.507 e. The summed E-state index contributed by atoms with van der Waals surface area (Å²) in [6.07, 6.45) is -0.155. The zero-order chi connectivity index (χ0) is 17.1. The zero-order valence-electron chi connectivity index (χ0n) is 12.6. The van der Waals surface area contributed by atoms with E-state index in [-0.39, 0.29) is 28.5 Å². The maximum absolute atomic E-state index is 12.2. The van der Waals surface area contributed by atoms with E-state index < -0.39 is 17.4 Å². The van der Waals surface area contributed by atoms with Crippen LogP contribution in [-0.2, 0) is 9.53 Å². The summed E-state index contributed by atoms with van der Waals surface area (Å²) in [5.74, 6) is -1.64. The number of carbonyl (C=O) groups is 1. The Balaban J connectivity index is 2.61. The molecule has 1 aromatic heterocycles. The fraction of sp³-hybridized carbons (Fsp3) is 0.250. The van der Waals surface area contributed by atoms with Crippen molar-refractivity contribution in [3.8, 4) is 11.5 Å². The minimum atomic E-state index is -0.759. The van der Waals surface area contributed by atoms with Gasteiger partial charge >= 0.3 is 5.97 Å². The highest BCUT2D eigenvalue weighted by molar-refractivity contribution is 6.32. The summed E-state index contributed by atoms with van der Waals surface area (Å²) in [6, 6.07) is 5.75. The van der Waals surface area contributed by atoms with Gasteiger partial charge in [-0.25, -0.2) is 0 Å². The van der Waals surface area contributed by atoms with Crippen LogP contribution in [-0.4, -0.2) is 28.3 Å². The molecule has 0 unspecified atom stereocenters. The number of aryl methyl sites for hydroxylation is 1. The van der Waals surface area contributed by atoms with Gasteiger partial charge in [-0.05, 0) is 30.7 Å². The van der Waals surface area contributed by atoms with Gasteiger partial charge in [0.15, 0.2) is 0 Å². The van der Waals surface area contributed by atoms with Crippen molar-refractivity contribution in [1.82, 2.24) is 4.98 Å². The third-order valence-corrected chi connectivity index (χ3v) is 3.81. The SMILES string of the molecule is COC(=O)C[C@H](c1ccc(O)c(Cl)c1)c1c(O)cc(C)[nH]c1=O. The predicted octanol–water partition coefficient (Wildman–Crippen LogP) is 2.44. The molecule has 0 radical (unpaired) electrons. The highest BCUT2D eigenvalue weighted by atomic mass is 35.5. The monoisotopic (exact) mass is 337 g/mol. The lowest BCUT2D eigenvalue weighted by molar-refractivity contribution is -0.140. The standard InChI is InChI=1S/C16H16ClNO5/c1-8-5-13(20)15(16(22)18-8)10(7-14(21)23-2)9-3-4-12(19)11(17)6-9/h3-6,10,19H,7H2,1-2H3,(H2,18,20,22)/t10-/m1/s1. The summed E-state index contributed by atoms with van der Waals surface area (Å²) in [4.78, 5) is 26.6. The number of pyridine rings is 1. The molecule has 0 saturated heterocycles. The Kier molecular flexibility index (Phi) is 4.95. The maximum atomic E-state index is 12.2. The first-order valence-corrected chi connectivity index (χ1v) is 7.19. The second kappa shape index (κ2) is 6.75. The minimum absolute atomic E-state index is 0.0442. The van der Waals surface area contributed by atoms with Crippen LogP contribution in [0.25, 0.3) is 0 Å². The number of H-pyrrole nitrogens is 1. The second-order valence-electron chi connectivity index (χ2n) is 5.12. The van der Waals surface area contributed by atoms with Crippen molar-refractivity contribution in [3.05, 3.63) is 56.5 Å². The van der Waals surface area contributed by atoms with E-state index in [1.54, 1.807) is 6.92 Å². The van der Waals surface area contributed by atoms with Gasteiger partial charge in [0.05, 0.1) is 24.1 Å². The van der Waals surface area contributed by atoms with Gasteiger partial charge in [0.1, 0.15) is 11.5 Å². The fourth-order valence-electron chi connectivity index (χ4n) is 2.39. The fourth-order valence-corrected chi connectivity index (χ4v) is 2.58. The van der Waals surface area contributed by atoms with Gasteiger partial charge < -0.3 is 19.9 Å². The van der Waals surface area contributed by atoms with Crippen LogP contribution in [0, 0.1) is 6.92 Å². The van der Waals surface area contributed by atoms with Crippen molar-refractivity contribution < 1.29 is 19.7 Å². The molecule has 1 aromatic carbocycles. The number of hydrogen-bond donors (Lipinski definition) is 3. The number of ether oxygens (including phenoxy) is 1. The van der Waals surface area contributed by atoms with E-state index >= 15 is 0 Å². The number of esters is 1. The lowest BCUT2D eigenvalue weighted by Gasteiger charge is -2.18. The molecular weight excluding hydrogens is 322 g/mol.